The van der Waals surface area contributed by atoms with Crippen LogP contribution >= 0.6 is 11.3 Å². The molecule has 0 bridgehead atoms. The van der Waals surface area contributed by atoms with Crippen LogP contribution in [0.1, 0.15) is 36.8 Å². The van der Waals surface area contributed by atoms with Crippen molar-refractivity contribution in [3.8, 4) is 0 Å². The Balaban J connectivity index is 1.82. The number of anilines is 1. The Bertz CT molecular complexity index is 399. The van der Waals surface area contributed by atoms with E-state index in [4.69, 9.17) is 4.98 Å². The van der Waals surface area contributed by atoms with Crippen molar-refractivity contribution in [3.05, 3.63) is 10.6 Å². The summed E-state index contributed by atoms with van der Waals surface area (Å²) in [6.07, 6.45) is 3.92. The van der Waals surface area contributed by atoms with Crippen molar-refractivity contribution in [1.82, 2.24) is 15.2 Å². The van der Waals surface area contributed by atoms with Crippen LogP contribution in [0.25, 0.3) is 0 Å². The molecule has 1 N–H and O–H groups in total. The molecule has 114 valence electrons. The SMILES string of the molecule is CCCNCc1sc(N(C)CCN2CCCC2)nc1C. The van der Waals surface area contributed by atoms with Crippen molar-refractivity contribution >= 4 is 16.5 Å². The maximum Gasteiger partial charge on any atom is 0.185 e. The van der Waals surface area contributed by atoms with E-state index in [2.05, 4.69) is 36.0 Å². The van der Waals surface area contributed by atoms with Crippen LogP contribution in [0.3, 0.4) is 0 Å². The van der Waals surface area contributed by atoms with Crippen LogP contribution in [0, 0.1) is 6.92 Å². The van der Waals surface area contributed by atoms with Gasteiger partial charge in [-0.25, -0.2) is 4.98 Å². The van der Waals surface area contributed by atoms with E-state index >= 15 is 0 Å². The van der Waals surface area contributed by atoms with E-state index < -0.39 is 0 Å². The van der Waals surface area contributed by atoms with E-state index in [1.165, 1.54) is 49.5 Å². The fourth-order valence-corrected chi connectivity index (χ4v) is 3.53. The molecule has 1 aliphatic rings. The van der Waals surface area contributed by atoms with Crippen molar-refractivity contribution in [1.29, 1.82) is 0 Å². The van der Waals surface area contributed by atoms with Crippen LogP contribution in [-0.2, 0) is 6.54 Å². The number of thiazole rings is 1. The van der Waals surface area contributed by atoms with Crippen molar-refractivity contribution in [2.75, 3.05) is 44.7 Å². The highest BCUT2D eigenvalue weighted by Gasteiger charge is 2.14. The van der Waals surface area contributed by atoms with Gasteiger partial charge in [0.2, 0.25) is 0 Å². The lowest BCUT2D eigenvalue weighted by atomic mass is 10.4. The highest BCUT2D eigenvalue weighted by Crippen LogP contribution is 2.25. The molecular formula is C15H28N4S. The summed E-state index contributed by atoms with van der Waals surface area (Å²) in [6, 6.07) is 0. The standard InChI is InChI=1S/C15H28N4S/c1-4-7-16-12-14-13(2)17-15(20-14)18(3)10-11-19-8-5-6-9-19/h16H,4-12H2,1-3H3. The summed E-state index contributed by atoms with van der Waals surface area (Å²) in [5.74, 6) is 0. The van der Waals surface area contributed by atoms with Gasteiger partial charge < -0.3 is 15.1 Å². The highest BCUT2D eigenvalue weighted by molar-refractivity contribution is 7.15. The number of rotatable bonds is 8. The minimum absolute atomic E-state index is 0.956. The van der Waals surface area contributed by atoms with E-state index in [9.17, 15) is 0 Å². The Labute approximate surface area is 127 Å². The monoisotopic (exact) mass is 296 g/mol. The summed E-state index contributed by atoms with van der Waals surface area (Å²) in [4.78, 5) is 11.0. The van der Waals surface area contributed by atoms with Gasteiger partial charge in [0, 0.05) is 31.6 Å². The van der Waals surface area contributed by atoms with E-state index in [1.54, 1.807) is 0 Å². The molecule has 2 rings (SSSR count). The molecule has 0 aliphatic carbocycles. The molecule has 1 aromatic rings. The summed E-state index contributed by atoms with van der Waals surface area (Å²) in [5, 5.41) is 4.63. The number of nitrogens with one attached hydrogen (secondary N) is 1. The maximum absolute atomic E-state index is 4.72. The van der Waals surface area contributed by atoms with Gasteiger partial charge in [-0.15, -0.1) is 11.3 Å². The average Bonchev–Trinajstić information content (AvgIpc) is 3.07. The third-order valence-corrected chi connectivity index (χ3v) is 5.14. The first kappa shape index (κ1) is 15.7. The molecule has 1 saturated heterocycles. The number of likely N-dealkylation sites (N-methyl/N-ethyl adjacent to an activating group) is 1. The lowest BCUT2D eigenvalue weighted by Gasteiger charge is -2.20. The molecular weight excluding hydrogens is 268 g/mol. The zero-order valence-electron chi connectivity index (χ0n) is 13.1. The quantitative estimate of drug-likeness (QED) is 0.747. The second-order valence-corrected chi connectivity index (χ2v) is 6.71. The predicted octanol–water partition coefficient (Wildman–Crippen LogP) is 2.48. The van der Waals surface area contributed by atoms with Crippen LogP contribution in [0.4, 0.5) is 5.13 Å². The largest absolute Gasteiger partial charge is 0.350 e. The lowest BCUT2D eigenvalue weighted by molar-refractivity contribution is 0.346. The van der Waals surface area contributed by atoms with Gasteiger partial charge in [0.25, 0.3) is 0 Å². The molecule has 20 heavy (non-hydrogen) atoms. The molecule has 4 nitrogen and oxygen atoms in total. The van der Waals surface area contributed by atoms with Gasteiger partial charge in [-0.2, -0.15) is 0 Å². The van der Waals surface area contributed by atoms with Gasteiger partial charge >= 0.3 is 0 Å². The second kappa shape index (κ2) is 7.96. The predicted molar refractivity (Wildman–Crippen MR) is 87.8 cm³/mol. The minimum Gasteiger partial charge on any atom is -0.350 e. The molecule has 0 atom stereocenters. The molecule has 0 radical (unpaired) electrons. The molecule has 1 fully saturated rings. The van der Waals surface area contributed by atoms with Crippen LogP contribution < -0.4 is 10.2 Å². The molecule has 2 heterocycles. The summed E-state index contributed by atoms with van der Waals surface area (Å²) >= 11 is 1.83. The number of aromatic nitrogens is 1. The van der Waals surface area contributed by atoms with Gasteiger partial charge in [-0.05, 0) is 45.8 Å². The van der Waals surface area contributed by atoms with Gasteiger partial charge in [-0.3, -0.25) is 0 Å². The number of likely N-dealkylation sites (tertiary alicyclic amines) is 1. The molecule has 0 aromatic carbocycles. The van der Waals surface area contributed by atoms with Crippen LogP contribution in [0.15, 0.2) is 0 Å². The Morgan fingerprint density at radius 3 is 2.80 bits per heavy atom. The smallest absolute Gasteiger partial charge is 0.185 e. The molecule has 0 amide bonds. The molecule has 0 saturated carbocycles. The number of aryl methyl sites for hydroxylation is 1. The topological polar surface area (TPSA) is 31.4 Å². The van der Waals surface area contributed by atoms with E-state index in [0.717, 1.165) is 24.8 Å². The Morgan fingerprint density at radius 1 is 1.35 bits per heavy atom. The van der Waals surface area contributed by atoms with E-state index in [-0.39, 0.29) is 0 Å². The molecule has 1 aromatic heterocycles. The zero-order chi connectivity index (χ0) is 14.4. The van der Waals surface area contributed by atoms with Gasteiger partial charge in [0.1, 0.15) is 0 Å². The number of hydrogen-bond acceptors (Lipinski definition) is 5. The Hall–Kier alpha value is -0.650. The van der Waals surface area contributed by atoms with Crippen LogP contribution in [0.2, 0.25) is 0 Å². The van der Waals surface area contributed by atoms with Gasteiger partial charge in [0.05, 0.1) is 5.69 Å². The van der Waals surface area contributed by atoms with Gasteiger partial charge in [0.15, 0.2) is 5.13 Å². The fraction of sp³-hybridized carbons (Fsp3) is 0.800. The minimum atomic E-state index is 0.956. The van der Waals surface area contributed by atoms with E-state index in [0.29, 0.717) is 0 Å². The van der Waals surface area contributed by atoms with Crippen molar-refractivity contribution in [2.45, 2.75) is 39.7 Å². The Morgan fingerprint density at radius 2 is 2.10 bits per heavy atom. The third-order valence-electron chi connectivity index (χ3n) is 3.87. The molecule has 0 spiro atoms. The summed E-state index contributed by atoms with van der Waals surface area (Å²) in [6.45, 7) is 11.2. The Kier molecular flexibility index (Phi) is 6.26. The summed E-state index contributed by atoms with van der Waals surface area (Å²) < 4.78 is 0. The zero-order valence-corrected chi connectivity index (χ0v) is 13.9. The summed E-state index contributed by atoms with van der Waals surface area (Å²) in [5.41, 5.74) is 1.18. The number of nitrogens with zero attached hydrogens (tertiary/aromatic N) is 3. The normalized spacial score (nSPS) is 15.9. The van der Waals surface area contributed by atoms with Crippen LogP contribution in [-0.4, -0.2) is 49.7 Å². The third kappa shape index (κ3) is 4.43. The van der Waals surface area contributed by atoms with E-state index in [1.807, 2.05) is 11.3 Å². The highest BCUT2D eigenvalue weighted by atomic mass is 32.1. The first-order chi connectivity index (χ1) is 9.70. The second-order valence-electron chi connectivity index (χ2n) is 5.65. The number of hydrogen-bond donors (Lipinski definition) is 1. The molecule has 0 unspecified atom stereocenters. The molecule has 5 heteroatoms. The maximum atomic E-state index is 4.72. The first-order valence-corrected chi connectivity index (χ1v) is 8.63. The fourth-order valence-electron chi connectivity index (χ4n) is 2.51. The summed E-state index contributed by atoms with van der Waals surface area (Å²) in [7, 11) is 2.16. The van der Waals surface area contributed by atoms with Crippen molar-refractivity contribution in [3.63, 3.8) is 0 Å². The van der Waals surface area contributed by atoms with Crippen molar-refractivity contribution in [2.24, 2.45) is 0 Å². The van der Waals surface area contributed by atoms with Crippen LogP contribution in [0.5, 0.6) is 0 Å². The van der Waals surface area contributed by atoms with Gasteiger partial charge in [-0.1, -0.05) is 6.92 Å². The van der Waals surface area contributed by atoms with Crippen molar-refractivity contribution < 1.29 is 0 Å². The molecule has 1 aliphatic heterocycles. The first-order valence-electron chi connectivity index (χ1n) is 7.81. The average molecular weight is 296 g/mol. The lowest BCUT2D eigenvalue weighted by Crippen LogP contribution is -2.31.